The fourth-order valence-electron chi connectivity index (χ4n) is 1.59. The minimum Gasteiger partial charge on any atom is -0.351 e. The average molecular weight is 325 g/mol. The first-order valence-corrected chi connectivity index (χ1v) is 6.67. The predicted octanol–water partition coefficient (Wildman–Crippen LogP) is 3.00. The van der Waals surface area contributed by atoms with Gasteiger partial charge in [-0.25, -0.2) is 0 Å². The number of carbonyl (C=O) groups is 1. The third kappa shape index (κ3) is 2.52. The van der Waals surface area contributed by atoms with Crippen molar-refractivity contribution in [1.29, 1.82) is 0 Å². The lowest BCUT2D eigenvalue weighted by Gasteiger charge is -2.04. The molecule has 2 rings (SSSR count). The van der Waals surface area contributed by atoms with Crippen LogP contribution in [0.3, 0.4) is 0 Å². The van der Waals surface area contributed by atoms with Crippen molar-refractivity contribution in [3.05, 3.63) is 48.0 Å². The largest absolute Gasteiger partial charge is 0.351 e. The molecular formula is C13H12INO. The third-order valence-electron chi connectivity index (χ3n) is 2.39. The Kier molecular flexibility index (Phi) is 3.77. The zero-order valence-corrected chi connectivity index (χ0v) is 10.9. The van der Waals surface area contributed by atoms with Gasteiger partial charge in [0, 0.05) is 16.5 Å². The van der Waals surface area contributed by atoms with Crippen LogP contribution in [0.1, 0.15) is 10.4 Å². The summed E-state index contributed by atoms with van der Waals surface area (Å²) in [5, 5.41) is 5.13. The van der Waals surface area contributed by atoms with Crippen molar-refractivity contribution in [3.63, 3.8) is 0 Å². The van der Waals surface area contributed by atoms with E-state index in [0.29, 0.717) is 6.54 Å². The number of amides is 1. The molecule has 0 aliphatic heterocycles. The Labute approximate surface area is 108 Å². The number of hydrogen-bond donors (Lipinski definition) is 1. The molecule has 0 saturated carbocycles. The number of carbonyl (C=O) groups excluding carboxylic acids is 1. The van der Waals surface area contributed by atoms with E-state index >= 15 is 0 Å². The number of fused-ring (bicyclic) bond motifs is 1. The molecule has 16 heavy (non-hydrogen) atoms. The fourth-order valence-corrected chi connectivity index (χ4v) is 1.86. The van der Waals surface area contributed by atoms with E-state index in [1.54, 1.807) is 0 Å². The molecule has 0 aliphatic rings. The lowest BCUT2D eigenvalue weighted by molar-refractivity contribution is 0.0956. The maximum atomic E-state index is 11.7. The Balaban J connectivity index is 2.28. The maximum absolute atomic E-state index is 11.7. The van der Waals surface area contributed by atoms with Crippen molar-refractivity contribution in [2.75, 3.05) is 11.0 Å². The van der Waals surface area contributed by atoms with Gasteiger partial charge in [-0.15, -0.1) is 0 Å². The van der Waals surface area contributed by atoms with E-state index < -0.39 is 0 Å². The number of nitrogens with one attached hydrogen (secondary N) is 1. The molecule has 0 saturated heterocycles. The summed E-state index contributed by atoms with van der Waals surface area (Å²) in [7, 11) is 0. The number of benzene rings is 2. The fraction of sp³-hybridized carbons (Fsp3) is 0.154. The van der Waals surface area contributed by atoms with E-state index in [9.17, 15) is 4.79 Å². The van der Waals surface area contributed by atoms with Gasteiger partial charge in [0.05, 0.1) is 0 Å². The number of rotatable bonds is 3. The van der Waals surface area contributed by atoms with Crippen LogP contribution in [0.15, 0.2) is 42.5 Å². The number of halogens is 1. The van der Waals surface area contributed by atoms with Crippen molar-refractivity contribution in [2.45, 2.75) is 0 Å². The molecule has 3 heteroatoms. The van der Waals surface area contributed by atoms with E-state index in [2.05, 4.69) is 27.9 Å². The molecular weight excluding hydrogens is 313 g/mol. The van der Waals surface area contributed by atoms with Gasteiger partial charge in [0.15, 0.2) is 0 Å². The van der Waals surface area contributed by atoms with Crippen LogP contribution in [0.5, 0.6) is 0 Å². The normalized spacial score (nSPS) is 10.3. The zero-order chi connectivity index (χ0) is 11.4. The summed E-state index contributed by atoms with van der Waals surface area (Å²) >= 11 is 2.24. The standard InChI is InChI=1S/C13H12INO/c14-7-8-15-13(16)12-6-5-10-3-1-2-4-11(10)9-12/h1-6,9H,7-8H2,(H,15,16). The van der Waals surface area contributed by atoms with E-state index in [4.69, 9.17) is 0 Å². The topological polar surface area (TPSA) is 29.1 Å². The second kappa shape index (κ2) is 5.30. The first kappa shape index (κ1) is 11.4. The Bertz CT molecular complexity index is 510. The minimum absolute atomic E-state index is 0.00224. The second-order valence-electron chi connectivity index (χ2n) is 3.51. The van der Waals surface area contributed by atoms with Crippen LogP contribution in [-0.2, 0) is 0 Å². The van der Waals surface area contributed by atoms with Gasteiger partial charge in [-0.05, 0) is 22.9 Å². The lowest BCUT2D eigenvalue weighted by atomic mass is 10.1. The highest BCUT2D eigenvalue weighted by Crippen LogP contribution is 2.15. The molecule has 0 fully saturated rings. The van der Waals surface area contributed by atoms with Crippen molar-refractivity contribution >= 4 is 39.3 Å². The Morgan fingerprint density at radius 1 is 1.12 bits per heavy atom. The highest BCUT2D eigenvalue weighted by atomic mass is 127. The summed E-state index contributed by atoms with van der Waals surface area (Å²) in [6.45, 7) is 0.715. The molecule has 0 aromatic heterocycles. The van der Waals surface area contributed by atoms with Gasteiger partial charge in [0.25, 0.3) is 5.91 Å². The van der Waals surface area contributed by atoms with Crippen molar-refractivity contribution in [1.82, 2.24) is 5.32 Å². The monoisotopic (exact) mass is 325 g/mol. The summed E-state index contributed by atoms with van der Waals surface area (Å²) in [6, 6.07) is 13.8. The first-order valence-electron chi connectivity index (χ1n) is 5.14. The van der Waals surface area contributed by atoms with E-state index in [1.807, 2.05) is 42.5 Å². The molecule has 2 aromatic rings. The van der Waals surface area contributed by atoms with Crippen LogP contribution in [0, 0.1) is 0 Å². The quantitative estimate of drug-likeness (QED) is 0.682. The molecule has 0 atom stereocenters. The van der Waals surface area contributed by atoms with Gasteiger partial charge < -0.3 is 5.32 Å². The zero-order valence-electron chi connectivity index (χ0n) is 8.74. The van der Waals surface area contributed by atoms with Gasteiger partial charge >= 0.3 is 0 Å². The minimum atomic E-state index is 0.00224. The highest BCUT2D eigenvalue weighted by molar-refractivity contribution is 14.1. The van der Waals surface area contributed by atoms with Gasteiger partial charge in [-0.1, -0.05) is 52.9 Å². The Hall–Kier alpha value is -1.10. The highest BCUT2D eigenvalue weighted by Gasteiger charge is 2.04. The molecule has 0 unspecified atom stereocenters. The molecule has 0 aliphatic carbocycles. The first-order chi connectivity index (χ1) is 7.81. The van der Waals surface area contributed by atoms with Crippen LogP contribution < -0.4 is 5.32 Å². The summed E-state index contributed by atoms with van der Waals surface area (Å²) in [6.07, 6.45) is 0. The van der Waals surface area contributed by atoms with E-state index in [1.165, 1.54) is 0 Å². The molecule has 1 N–H and O–H groups in total. The molecule has 0 bridgehead atoms. The van der Waals surface area contributed by atoms with E-state index in [0.717, 1.165) is 20.8 Å². The van der Waals surface area contributed by atoms with Gasteiger partial charge in [-0.3, -0.25) is 4.79 Å². The molecule has 2 nitrogen and oxygen atoms in total. The van der Waals surface area contributed by atoms with Crippen molar-refractivity contribution in [2.24, 2.45) is 0 Å². The van der Waals surface area contributed by atoms with Gasteiger partial charge in [-0.2, -0.15) is 0 Å². The Morgan fingerprint density at radius 2 is 1.88 bits per heavy atom. The smallest absolute Gasteiger partial charge is 0.251 e. The van der Waals surface area contributed by atoms with Gasteiger partial charge in [0.2, 0.25) is 0 Å². The summed E-state index contributed by atoms with van der Waals surface area (Å²) < 4.78 is 0.928. The van der Waals surface area contributed by atoms with Crippen LogP contribution in [0.25, 0.3) is 10.8 Å². The summed E-state index contributed by atoms with van der Waals surface area (Å²) in [4.78, 5) is 11.7. The molecule has 0 heterocycles. The molecule has 82 valence electrons. The SMILES string of the molecule is O=C(NCCI)c1ccc2ccccc2c1. The van der Waals surface area contributed by atoms with Crippen LogP contribution in [0.2, 0.25) is 0 Å². The molecule has 2 aromatic carbocycles. The summed E-state index contributed by atoms with van der Waals surface area (Å²) in [5.41, 5.74) is 0.726. The van der Waals surface area contributed by atoms with Crippen molar-refractivity contribution < 1.29 is 4.79 Å². The van der Waals surface area contributed by atoms with Gasteiger partial charge in [0.1, 0.15) is 0 Å². The third-order valence-corrected chi connectivity index (χ3v) is 2.93. The average Bonchev–Trinajstić information content (AvgIpc) is 2.35. The summed E-state index contributed by atoms with van der Waals surface area (Å²) in [5.74, 6) is 0.00224. The molecule has 1 amide bonds. The number of hydrogen-bond acceptors (Lipinski definition) is 1. The molecule has 0 radical (unpaired) electrons. The lowest BCUT2D eigenvalue weighted by Crippen LogP contribution is -2.24. The Morgan fingerprint density at radius 3 is 2.62 bits per heavy atom. The maximum Gasteiger partial charge on any atom is 0.251 e. The van der Waals surface area contributed by atoms with Crippen LogP contribution in [0.4, 0.5) is 0 Å². The van der Waals surface area contributed by atoms with Crippen LogP contribution in [-0.4, -0.2) is 16.9 Å². The van der Waals surface area contributed by atoms with E-state index in [-0.39, 0.29) is 5.91 Å². The van der Waals surface area contributed by atoms with Crippen LogP contribution >= 0.6 is 22.6 Å². The molecule has 0 spiro atoms. The predicted molar refractivity (Wildman–Crippen MR) is 75.2 cm³/mol. The number of alkyl halides is 1. The second-order valence-corrected chi connectivity index (χ2v) is 4.59. The van der Waals surface area contributed by atoms with Crippen molar-refractivity contribution in [3.8, 4) is 0 Å².